The molecule has 1 aliphatic rings. The van der Waals surface area contributed by atoms with Crippen LogP contribution in [-0.2, 0) is 26.4 Å². The first kappa shape index (κ1) is 14.0. The van der Waals surface area contributed by atoms with Crippen LogP contribution < -0.4 is 10.9 Å². The molecule has 0 aliphatic heterocycles. The highest BCUT2D eigenvalue weighted by Gasteiger charge is 2.21. The van der Waals surface area contributed by atoms with E-state index in [1.807, 2.05) is 6.07 Å². The maximum Gasteiger partial charge on any atom is 0.263 e. The molecule has 0 radical (unpaired) electrons. The summed E-state index contributed by atoms with van der Waals surface area (Å²) < 4.78 is 1.65. The van der Waals surface area contributed by atoms with Crippen molar-refractivity contribution in [3.63, 3.8) is 0 Å². The van der Waals surface area contributed by atoms with Crippen LogP contribution in [0.15, 0.2) is 22.3 Å². The summed E-state index contributed by atoms with van der Waals surface area (Å²) in [5.74, 6) is 0.657. The minimum absolute atomic E-state index is 0.0816. The lowest BCUT2D eigenvalue weighted by Gasteiger charge is -2.11. The SMILES string of the molecule is Cn1c(NCc2cccs2)nc2sc3c(c2c1=O)CCCC3. The van der Waals surface area contributed by atoms with E-state index >= 15 is 0 Å². The molecule has 0 aromatic carbocycles. The summed E-state index contributed by atoms with van der Waals surface area (Å²) in [5.41, 5.74) is 1.34. The van der Waals surface area contributed by atoms with Crippen molar-refractivity contribution >= 4 is 38.8 Å². The summed E-state index contributed by atoms with van der Waals surface area (Å²) >= 11 is 3.40. The molecular formula is C16H17N3OS2. The van der Waals surface area contributed by atoms with Crippen molar-refractivity contribution < 1.29 is 0 Å². The molecule has 0 fully saturated rings. The molecule has 0 saturated heterocycles. The molecule has 6 heteroatoms. The molecule has 4 nitrogen and oxygen atoms in total. The monoisotopic (exact) mass is 331 g/mol. The second-order valence-corrected chi connectivity index (χ2v) is 7.74. The van der Waals surface area contributed by atoms with Gasteiger partial charge in [-0.1, -0.05) is 6.07 Å². The molecule has 0 spiro atoms. The Morgan fingerprint density at radius 1 is 1.36 bits per heavy atom. The molecule has 1 N–H and O–H groups in total. The van der Waals surface area contributed by atoms with E-state index in [0.29, 0.717) is 12.5 Å². The molecule has 22 heavy (non-hydrogen) atoms. The molecule has 114 valence electrons. The highest BCUT2D eigenvalue weighted by Crippen LogP contribution is 2.34. The van der Waals surface area contributed by atoms with Crippen LogP contribution >= 0.6 is 22.7 Å². The van der Waals surface area contributed by atoms with Crippen LogP contribution in [0.5, 0.6) is 0 Å². The molecule has 4 rings (SSSR count). The fraction of sp³-hybridized carbons (Fsp3) is 0.375. The fourth-order valence-electron chi connectivity index (χ4n) is 3.02. The minimum Gasteiger partial charge on any atom is -0.351 e. The number of aryl methyl sites for hydroxylation is 2. The van der Waals surface area contributed by atoms with Crippen molar-refractivity contribution in [2.75, 3.05) is 5.32 Å². The summed E-state index contributed by atoms with van der Waals surface area (Å²) in [6.45, 7) is 0.703. The van der Waals surface area contributed by atoms with Gasteiger partial charge in [-0.25, -0.2) is 4.98 Å². The molecule has 0 amide bonds. The molecule has 0 bridgehead atoms. The van der Waals surface area contributed by atoms with Crippen molar-refractivity contribution in [1.82, 2.24) is 9.55 Å². The highest BCUT2D eigenvalue weighted by molar-refractivity contribution is 7.18. The summed E-state index contributed by atoms with van der Waals surface area (Å²) in [4.78, 5) is 20.9. The third kappa shape index (κ3) is 2.27. The Hall–Kier alpha value is -1.66. The molecule has 3 aromatic heterocycles. The van der Waals surface area contributed by atoms with Crippen molar-refractivity contribution in [2.24, 2.45) is 7.05 Å². The lowest BCUT2D eigenvalue weighted by Crippen LogP contribution is -2.22. The van der Waals surface area contributed by atoms with Gasteiger partial charge in [-0.05, 0) is 42.7 Å². The van der Waals surface area contributed by atoms with Gasteiger partial charge in [-0.2, -0.15) is 0 Å². The van der Waals surface area contributed by atoms with Gasteiger partial charge in [0.15, 0.2) is 0 Å². The highest BCUT2D eigenvalue weighted by atomic mass is 32.1. The number of rotatable bonds is 3. The van der Waals surface area contributed by atoms with Crippen LogP contribution in [0.2, 0.25) is 0 Å². The first-order valence-electron chi connectivity index (χ1n) is 7.51. The molecule has 0 saturated carbocycles. The maximum atomic E-state index is 12.7. The third-order valence-corrected chi connectivity index (χ3v) is 6.26. The summed E-state index contributed by atoms with van der Waals surface area (Å²) in [7, 11) is 1.80. The number of anilines is 1. The number of nitrogens with zero attached hydrogens (tertiary/aromatic N) is 2. The quantitative estimate of drug-likeness (QED) is 0.798. The number of nitrogens with one attached hydrogen (secondary N) is 1. The standard InChI is InChI=1S/C16H17N3OS2/c1-19-15(20)13-11-6-2-3-7-12(11)22-14(13)18-16(19)17-9-10-5-4-8-21-10/h4-5,8H,2-3,6-7,9H2,1H3,(H,17,18). The molecule has 0 unspecified atom stereocenters. The Bertz CT molecular complexity index is 877. The molecule has 1 aliphatic carbocycles. The van der Waals surface area contributed by atoms with Gasteiger partial charge in [0.05, 0.1) is 11.9 Å². The molecular weight excluding hydrogens is 314 g/mol. The van der Waals surface area contributed by atoms with E-state index in [1.54, 1.807) is 34.3 Å². The normalized spacial score (nSPS) is 14.2. The lowest BCUT2D eigenvalue weighted by atomic mass is 9.97. The van der Waals surface area contributed by atoms with Crippen molar-refractivity contribution in [3.8, 4) is 0 Å². The Kier molecular flexibility index (Phi) is 3.50. The predicted molar refractivity (Wildman–Crippen MR) is 93.1 cm³/mol. The van der Waals surface area contributed by atoms with Crippen molar-refractivity contribution in [2.45, 2.75) is 32.2 Å². The van der Waals surface area contributed by atoms with Gasteiger partial charge in [0.2, 0.25) is 5.95 Å². The van der Waals surface area contributed by atoms with Gasteiger partial charge in [-0.3, -0.25) is 9.36 Å². The average molecular weight is 331 g/mol. The van der Waals surface area contributed by atoms with Gasteiger partial charge in [-0.15, -0.1) is 22.7 Å². The third-order valence-electron chi connectivity index (χ3n) is 4.20. The summed E-state index contributed by atoms with van der Waals surface area (Å²) in [6, 6.07) is 4.11. The topological polar surface area (TPSA) is 46.9 Å². The van der Waals surface area contributed by atoms with Gasteiger partial charge >= 0.3 is 0 Å². The van der Waals surface area contributed by atoms with Gasteiger partial charge in [0.25, 0.3) is 5.56 Å². The number of aromatic nitrogens is 2. The van der Waals surface area contributed by atoms with Crippen LogP contribution in [0.25, 0.3) is 10.2 Å². The van der Waals surface area contributed by atoms with E-state index in [4.69, 9.17) is 4.98 Å². The molecule has 3 heterocycles. The number of fused-ring (bicyclic) bond motifs is 3. The number of thiophene rings is 2. The Balaban J connectivity index is 1.77. The Morgan fingerprint density at radius 2 is 2.23 bits per heavy atom. The summed E-state index contributed by atoms with van der Waals surface area (Å²) in [5, 5.41) is 6.20. The second-order valence-electron chi connectivity index (χ2n) is 5.62. The van der Waals surface area contributed by atoms with Crippen LogP contribution in [0.3, 0.4) is 0 Å². The fourth-order valence-corrected chi connectivity index (χ4v) is 4.92. The van der Waals surface area contributed by atoms with Crippen molar-refractivity contribution in [3.05, 3.63) is 43.2 Å². The zero-order valence-corrected chi connectivity index (χ0v) is 14.0. The molecule has 0 atom stereocenters. The number of hydrogen-bond donors (Lipinski definition) is 1. The Morgan fingerprint density at radius 3 is 3.05 bits per heavy atom. The van der Waals surface area contributed by atoms with Crippen LogP contribution in [0.1, 0.15) is 28.2 Å². The first-order valence-corrected chi connectivity index (χ1v) is 9.21. The van der Waals surface area contributed by atoms with Crippen molar-refractivity contribution in [1.29, 1.82) is 0 Å². The van der Waals surface area contributed by atoms with E-state index in [1.165, 1.54) is 28.2 Å². The minimum atomic E-state index is 0.0816. The van der Waals surface area contributed by atoms with E-state index in [0.717, 1.165) is 23.1 Å². The van der Waals surface area contributed by atoms with Crippen LogP contribution in [-0.4, -0.2) is 9.55 Å². The van der Waals surface area contributed by atoms with E-state index in [2.05, 4.69) is 16.8 Å². The maximum absolute atomic E-state index is 12.7. The number of hydrogen-bond acceptors (Lipinski definition) is 5. The Labute approximate surface area is 136 Å². The molecule has 3 aromatic rings. The lowest BCUT2D eigenvalue weighted by molar-refractivity contribution is 0.699. The average Bonchev–Trinajstić information content (AvgIpc) is 3.16. The second kappa shape index (κ2) is 5.52. The van der Waals surface area contributed by atoms with Crippen LogP contribution in [0, 0.1) is 0 Å². The summed E-state index contributed by atoms with van der Waals surface area (Å²) in [6.07, 6.45) is 4.52. The first-order chi connectivity index (χ1) is 10.7. The predicted octanol–water partition coefficient (Wildman–Crippen LogP) is 3.55. The largest absolute Gasteiger partial charge is 0.351 e. The van der Waals surface area contributed by atoms with Gasteiger partial charge < -0.3 is 5.32 Å². The van der Waals surface area contributed by atoms with E-state index in [9.17, 15) is 4.79 Å². The zero-order chi connectivity index (χ0) is 15.1. The zero-order valence-electron chi connectivity index (χ0n) is 12.4. The van der Waals surface area contributed by atoms with Crippen LogP contribution in [0.4, 0.5) is 5.95 Å². The van der Waals surface area contributed by atoms with E-state index < -0.39 is 0 Å². The van der Waals surface area contributed by atoms with Gasteiger partial charge in [0.1, 0.15) is 4.83 Å². The smallest absolute Gasteiger partial charge is 0.263 e. The van der Waals surface area contributed by atoms with E-state index in [-0.39, 0.29) is 5.56 Å². The van der Waals surface area contributed by atoms with Gasteiger partial charge in [0, 0.05) is 16.8 Å².